The molecular formula is C14H14N4O2. The van der Waals surface area contributed by atoms with Crippen molar-refractivity contribution >= 4 is 5.82 Å². The number of ether oxygens (including phenoxy) is 2. The molecule has 0 spiro atoms. The van der Waals surface area contributed by atoms with Gasteiger partial charge in [-0.25, -0.2) is 9.97 Å². The molecule has 0 atom stereocenters. The van der Waals surface area contributed by atoms with E-state index >= 15 is 0 Å². The van der Waals surface area contributed by atoms with E-state index in [2.05, 4.69) is 9.97 Å². The second-order valence-electron chi connectivity index (χ2n) is 3.97. The monoisotopic (exact) mass is 270 g/mol. The van der Waals surface area contributed by atoms with E-state index in [1.165, 1.54) is 6.20 Å². The van der Waals surface area contributed by atoms with Crippen LogP contribution in [-0.2, 0) is 6.42 Å². The van der Waals surface area contributed by atoms with Gasteiger partial charge in [-0.2, -0.15) is 5.26 Å². The number of nitriles is 1. The molecule has 0 bridgehead atoms. The number of nitrogens with zero attached hydrogens (tertiary/aromatic N) is 3. The second kappa shape index (κ2) is 6.38. The van der Waals surface area contributed by atoms with Crippen molar-refractivity contribution in [3.63, 3.8) is 0 Å². The van der Waals surface area contributed by atoms with Gasteiger partial charge in [-0.1, -0.05) is 0 Å². The van der Waals surface area contributed by atoms with E-state index < -0.39 is 0 Å². The van der Waals surface area contributed by atoms with Crippen LogP contribution in [0.15, 0.2) is 30.5 Å². The number of aromatic nitrogens is 2. The summed E-state index contributed by atoms with van der Waals surface area (Å²) in [5, 5.41) is 8.73. The Balaban J connectivity index is 1.89. The molecule has 2 rings (SSSR count). The van der Waals surface area contributed by atoms with Crippen molar-refractivity contribution in [1.29, 1.82) is 5.26 Å². The maximum atomic E-state index is 8.73. The third-order valence-corrected chi connectivity index (χ3v) is 2.64. The van der Waals surface area contributed by atoms with Gasteiger partial charge in [0.15, 0.2) is 0 Å². The molecule has 0 saturated carbocycles. The van der Waals surface area contributed by atoms with Gasteiger partial charge in [0.05, 0.1) is 19.9 Å². The van der Waals surface area contributed by atoms with Crippen LogP contribution in [0.25, 0.3) is 0 Å². The Bertz CT molecular complexity index is 620. The average Bonchev–Trinajstić information content (AvgIpc) is 2.48. The fraction of sp³-hybridized carbons (Fsp3) is 0.214. The Morgan fingerprint density at radius 2 is 1.95 bits per heavy atom. The van der Waals surface area contributed by atoms with Crippen molar-refractivity contribution in [1.82, 2.24) is 9.97 Å². The molecule has 0 fully saturated rings. The van der Waals surface area contributed by atoms with Crippen molar-refractivity contribution in [2.75, 3.05) is 19.5 Å². The van der Waals surface area contributed by atoms with Crippen molar-refractivity contribution in [2.45, 2.75) is 6.42 Å². The third-order valence-electron chi connectivity index (χ3n) is 2.64. The normalized spacial score (nSPS) is 9.80. The zero-order valence-corrected chi connectivity index (χ0v) is 11.0. The zero-order valence-electron chi connectivity index (χ0n) is 11.0. The Kier molecular flexibility index (Phi) is 4.35. The first kappa shape index (κ1) is 13.6. The zero-order chi connectivity index (χ0) is 14.4. The minimum Gasteiger partial charge on any atom is -0.497 e. The fourth-order valence-corrected chi connectivity index (χ4v) is 1.57. The van der Waals surface area contributed by atoms with Crippen molar-refractivity contribution in [3.05, 3.63) is 41.9 Å². The predicted molar refractivity (Wildman–Crippen MR) is 73.4 cm³/mol. The number of methoxy groups -OCH3 is 1. The van der Waals surface area contributed by atoms with Gasteiger partial charge in [0, 0.05) is 6.42 Å². The van der Waals surface area contributed by atoms with Crippen LogP contribution in [0.5, 0.6) is 11.5 Å². The molecule has 102 valence electrons. The van der Waals surface area contributed by atoms with Crippen molar-refractivity contribution in [2.24, 2.45) is 0 Å². The molecule has 1 aromatic heterocycles. The summed E-state index contributed by atoms with van der Waals surface area (Å²) < 4.78 is 10.6. The number of hydrogen-bond acceptors (Lipinski definition) is 6. The first-order chi connectivity index (χ1) is 9.72. The maximum absolute atomic E-state index is 8.73. The summed E-state index contributed by atoms with van der Waals surface area (Å²) in [5.41, 5.74) is 5.90. The van der Waals surface area contributed by atoms with E-state index in [1.54, 1.807) is 7.11 Å². The summed E-state index contributed by atoms with van der Waals surface area (Å²) in [4.78, 5) is 8.10. The van der Waals surface area contributed by atoms with E-state index in [0.717, 1.165) is 11.5 Å². The highest BCUT2D eigenvalue weighted by atomic mass is 16.5. The molecular weight excluding hydrogens is 256 g/mol. The van der Waals surface area contributed by atoms with Crippen LogP contribution in [0.2, 0.25) is 0 Å². The number of nitrogen functional groups attached to an aromatic ring is 1. The average molecular weight is 270 g/mol. The van der Waals surface area contributed by atoms with Gasteiger partial charge in [0.25, 0.3) is 0 Å². The first-order valence-corrected chi connectivity index (χ1v) is 6.01. The Morgan fingerprint density at radius 1 is 1.25 bits per heavy atom. The standard InChI is InChI=1S/C14H14N4O2/c1-19-11-2-4-12(5-3-11)20-7-6-13-17-9-10(8-15)14(16)18-13/h2-5,9H,6-7H2,1H3,(H2,16,17,18). The Morgan fingerprint density at radius 3 is 2.55 bits per heavy atom. The summed E-state index contributed by atoms with van der Waals surface area (Å²) >= 11 is 0. The Labute approximate surface area is 116 Å². The van der Waals surface area contributed by atoms with Crippen LogP contribution < -0.4 is 15.2 Å². The van der Waals surface area contributed by atoms with Gasteiger partial charge in [0.2, 0.25) is 0 Å². The lowest BCUT2D eigenvalue weighted by Gasteiger charge is -2.07. The van der Waals surface area contributed by atoms with E-state index in [0.29, 0.717) is 18.9 Å². The lowest BCUT2D eigenvalue weighted by Crippen LogP contribution is -2.07. The molecule has 2 N–H and O–H groups in total. The molecule has 0 amide bonds. The van der Waals surface area contributed by atoms with Gasteiger partial charge in [0.1, 0.15) is 34.8 Å². The smallest absolute Gasteiger partial charge is 0.145 e. The molecule has 1 aromatic carbocycles. The van der Waals surface area contributed by atoms with Crippen LogP contribution in [0.3, 0.4) is 0 Å². The molecule has 20 heavy (non-hydrogen) atoms. The van der Waals surface area contributed by atoms with Crippen LogP contribution in [0, 0.1) is 11.3 Å². The number of hydrogen-bond donors (Lipinski definition) is 1. The molecule has 6 heteroatoms. The lowest BCUT2D eigenvalue weighted by molar-refractivity contribution is 0.318. The quantitative estimate of drug-likeness (QED) is 0.886. The molecule has 2 aromatic rings. The molecule has 6 nitrogen and oxygen atoms in total. The van der Waals surface area contributed by atoms with Crippen LogP contribution in [0.4, 0.5) is 5.82 Å². The van der Waals surface area contributed by atoms with Crippen LogP contribution in [-0.4, -0.2) is 23.7 Å². The molecule has 0 aliphatic carbocycles. The minimum atomic E-state index is 0.196. The highest BCUT2D eigenvalue weighted by molar-refractivity contribution is 5.46. The van der Waals surface area contributed by atoms with E-state index in [4.69, 9.17) is 20.5 Å². The predicted octanol–water partition coefficient (Wildman–Crippen LogP) is 1.56. The first-order valence-electron chi connectivity index (χ1n) is 6.01. The lowest BCUT2D eigenvalue weighted by atomic mass is 10.3. The summed E-state index contributed by atoms with van der Waals surface area (Å²) in [7, 11) is 1.61. The molecule has 0 radical (unpaired) electrons. The van der Waals surface area contributed by atoms with Crippen molar-refractivity contribution in [3.8, 4) is 17.6 Å². The van der Waals surface area contributed by atoms with E-state index in [9.17, 15) is 0 Å². The van der Waals surface area contributed by atoms with E-state index in [1.807, 2.05) is 30.3 Å². The minimum absolute atomic E-state index is 0.196. The Hall–Kier alpha value is -2.81. The SMILES string of the molecule is COc1ccc(OCCc2ncc(C#N)c(N)n2)cc1. The number of nitrogens with two attached hydrogens (primary N) is 1. The highest BCUT2D eigenvalue weighted by Crippen LogP contribution is 2.17. The van der Waals surface area contributed by atoms with E-state index in [-0.39, 0.29) is 11.4 Å². The van der Waals surface area contributed by atoms with Gasteiger partial charge in [-0.05, 0) is 24.3 Å². The summed E-state index contributed by atoms with van der Waals surface area (Å²) in [5.74, 6) is 2.27. The van der Waals surface area contributed by atoms with Gasteiger partial charge in [-0.3, -0.25) is 0 Å². The fourth-order valence-electron chi connectivity index (χ4n) is 1.57. The van der Waals surface area contributed by atoms with Crippen molar-refractivity contribution < 1.29 is 9.47 Å². The number of benzene rings is 1. The third kappa shape index (κ3) is 3.36. The maximum Gasteiger partial charge on any atom is 0.145 e. The van der Waals surface area contributed by atoms with Gasteiger partial charge >= 0.3 is 0 Å². The van der Waals surface area contributed by atoms with Crippen LogP contribution >= 0.6 is 0 Å². The van der Waals surface area contributed by atoms with Gasteiger partial charge < -0.3 is 15.2 Å². The highest BCUT2D eigenvalue weighted by Gasteiger charge is 2.04. The number of rotatable bonds is 5. The molecule has 0 saturated heterocycles. The van der Waals surface area contributed by atoms with Crippen LogP contribution in [0.1, 0.15) is 11.4 Å². The molecule has 1 heterocycles. The molecule has 0 aliphatic heterocycles. The topological polar surface area (TPSA) is 94.0 Å². The summed E-state index contributed by atoms with van der Waals surface area (Å²) in [6.45, 7) is 0.428. The molecule has 0 unspecified atom stereocenters. The van der Waals surface area contributed by atoms with Gasteiger partial charge in [-0.15, -0.1) is 0 Å². The largest absolute Gasteiger partial charge is 0.497 e. The second-order valence-corrected chi connectivity index (χ2v) is 3.97. The summed E-state index contributed by atoms with van der Waals surface area (Å²) in [6.07, 6.45) is 1.94. The summed E-state index contributed by atoms with van der Waals surface area (Å²) in [6, 6.07) is 9.22. The number of anilines is 1. The molecule has 0 aliphatic rings.